The van der Waals surface area contributed by atoms with E-state index in [2.05, 4.69) is 54.1 Å². The molecule has 3 aromatic rings. The number of rotatable bonds is 7. The van der Waals surface area contributed by atoms with Gasteiger partial charge in [0.15, 0.2) is 0 Å². The van der Waals surface area contributed by atoms with E-state index in [9.17, 15) is 0 Å². The molecule has 0 spiro atoms. The van der Waals surface area contributed by atoms with Crippen molar-refractivity contribution in [3.63, 3.8) is 0 Å². The zero-order valence-corrected chi connectivity index (χ0v) is 20.8. The third-order valence-corrected chi connectivity index (χ3v) is 6.66. The molecule has 0 amide bonds. The van der Waals surface area contributed by atoms with Crippen LogP contribution in [0.25, 0.3) is 27.8 Å². The minimum atomic E-state index is 0.819. The van der Waals surface area contributed by atoms with Gasteiger partial charge in [-0.15, -0.1) is 11.3 Å². The number of thiophene rings is 1. The molecule has 3 heterocycles. The molecule has 5 nitrogen and oxygen atoms in total. The Morgan fingerprint density at radius 1 is 1.16 bits per heavy atom. The Morgan fingerprint density at radius 2 is 1.91 bits per heavy atom. The Morgan fingerprint density at radius 3 is 2.59 bits per heavy atom. The molecule has 1 aromatic carbocycles. The van der Waals surface area contributed by atoms with Crippen molar-refractivity contribution in [1.29, 1.82) is 0 Å². The largest absolute Gasteiger partial charge is 0.496 e. The van der Waals surface area contributed by atoms with Crippen molar-refractivity contribution in [3.05, 3.63) is 53.0 Å². The van der Waals surface area contributed by atoms with Gasteiger partial charge in [-0.1, -0.05) is 26.5 Å². The van der Waals surface area contributed by atoms with Gasteiger partial charge < -0.3 is 9.47 Å². The van der Waals surface area contributed by atoms with Crippen LogP contribution >= 0.6 is 11.3 Å². The maximum Gasteiger partial charge on any atom is 0.127 e. The Hall–Kier alpha value is -2.41. The smallest absolute Gasteiger partial charge is 0.127 e. The predicted octanol–water partition coefficient (Wildman–Crippen LogP) is 5.99. The molecule has 2 aromatic heterocycles. The summed E-state index contributed by atoms with van der Waals surface area (Å²) in [7, 11) is 1.73. The molecule has 1 aliphatic heterocycles. The van der Waals surface area contributed by atoms with E-state index in [1.807, 2.05) is 30.8 Å². The Balaban J connectivity index is 0.00000141. The van der Waals surface area contributed by atoms with Crippen LogP contribution in [0.3, 0.4) is 0 Å². The van der Waals surface area contributed by atoms with E-state index in [4.69, 9.17) is 9.47 Å². The first-order chi connectivity index (χ1) is 15.6. The summed E-state index contributed by atoms with van der Waals surface area (Å²) in [5.41, 5.74) is 6.87. The van der Waals surface area contributed by atoms with Crippen LogP contribution in [0.5, 0.6) is 5.75 Å². The molecule has 172 valence electrons. The highest BCUT2D eigenvalue weighted by Gasteiger charge is 2.20. The topological polar surface area (TPSA) is 39.5 Å². The van der Waals surface area contributed by atoms with Crippen molar-refractivity contribution in [2.45, 2.75) is 34.2 Å². The highest BCUT2D eigenvalue weighted by molar-refractivity contribution is 7.11. The van der Waals surface area contributed by atoms with Gasteiger partial charge in [-0.25, -0.2) is 0 Å². The quantitative estimate of drug-likeness (QED) is 0.441. The molecule has 0 saturated carbocycles. The van der Waals surface area contributed by atoms with E-state index >= 15 is 0 Å². The van der Waals surface area contributed by atoms with Gasteiger partial charge in [0.25, 0.3) is 0 Å². The zero-order chi connectivity index (χ0) is 23.1. The van der Waals surface area contributed by atoms with E-state index in [1.54, 1.807) is 18.4 Å². The molecule has 0 unspecified atom stereocenters. The summed E-state index contributed by atoms with van der Waals surface area (Å²) < 4.78 is 13.3. The molecular formula is C26H35N3O2S. The molecule has 1 fully saturated rings. The van der Waals surface area contributed by atoms with Crippen molar-refractivity contribution in [2.24, 2.45) is 0 Å². The van der Waals surface area contributed by atoms with Crippen LogP contribution in [0.15, 0.2) is 42.6 Å². The van der Waals surface area contributed by atoms with Crippen LogP contribution in [-0.2, 0) is 11.3 Å². The molecule has 4 rings (SSSR count). The molecule has 1 saturated heterocycles. The van der Waals surface area contributed by atoms with Gasteiger partial charge in [0.05, 0.1) is 33.1 Å². The van der Waals surface area contributed by atoms with Gasteiger partial charge in [0, 0.05) is 47.4 Å². The first-order valence-corrected chi connectivity index (χ1v) is 12.2. The monoisotopic (exact) mass is 453 g/mol. The minimum Gasteiger partial charge on any atom is -0.496 e. The molecule has 0 bridgehead atoms. The van der Waals surface area contributed by atoms with Crippen LogP contribution in [-0.4, -0.2) is 54.6 Å². The van der Waals surface area contributed by atoms with Crippen LogP contribution < -0.4 is 4.74 Å². The molecule has 0 atom stereocenters. The maximum absolute atomic E-state index is 5.78. The molecule has 0 N–H and O–H groups in total. The molecule has 0 radical (unpaired) electrons. The lowest BCUT2D eigenvalue weighted by Gasteiger charge is -2.26. The summed E-state index contributed by atoms with van der Waals surface area (Å²) in [5, 5.41) is 6.78. The van der Waals surface area contributed by atoms with E-state index in [0.29, 0.717) is 0 Å². The summed E-state index contributed by atoms with van der Waals surface area (Å²) >= 11 is 1.73. The molecule has 32 heavy (non-hydrogen) atoms. The van der Waals surface area contributed by atoms with Gasteiger partial charge in [0.2, 0.25) is 0 Å². The normalized spacial score (nSPS) is 14.0. The molecule has 1 aliphatic rings. The van der Waals surface area contributed by atoms with E-state index < -0.39 is 0 Å². The van der Waals surface area contributed by atoms with Crippen molar-refractivity contribution in [1.82, 2.24) is 14.7 Å². The number of ether oxygens (including phenoxy) is 2. The SMILES string of the molecule is C=C(C)c1sccc1-c1c(C)ccc(OC)c1-c1cnn(CCN2CCOCC2)c1.CC. The number of aromatic nitrogens is 2. The number of hydrogen-bond acceptors (Lipinski definition) is 5. The molecule has 0 aliphatic carbocycles. The predicted molar refractivity (Wildman–Crippen MR) is 136 cm³/mol. The van der Waals surface area contributed by atoms with Crippen LogP contribution in [0.1, 0.15) is 31.2 Å². The fourth-order valence-electron chi connectivity index (χ4n) is 4.01. The van der Waals surface area contributed by atoms with Gasteiger partial charge in [0.1, 0.15) is 5.75 Å². The summed E-state index contributed by atoms with van der Waals surface area (Å²) in [6.45, 7) is 17.9. The standard InChI is InChI=1S/C24H29N3O2S.C2H6/c1-17(2)24-20(7-14-30-24)22-18(3)5-6-21(28-4)23(22)19-15-25-27(16-19)9-8-26-10-12-29-13-11-26;1-2/h5-7,14-16H,1,8-13H2,2-4H3;1-2H3. The first kappa shape index (κ1) is 24.2. The third kappa shape index (κ3) is 5.31. The number of aryl methyl sites for hydroxylation is 1. The van der Waals surface area contributed by atoms with Crippen molar-refractivity contribution in [2.75, 3.05) is 40.0 Å². The first-order valence-electron chi connectivity index (χ1n) is 11.3. The maximum atomic E-state index is 5.78. The summed E-state index contributed by atoms with van der Waals surface area (Å²) in [4.78, 5) is 3.64. The molecular weight excluding hydrogens is 418 g/mol. The lowest BCUT2D eigenvalue weighted by Crippen LogP contribution is -2.38. The van der Waals surface area contributed by atoms with E-state index in [1.165, 1.54) is 21.6 Å². The average molecular weight is 454 g/mol. The second kappa shape index (κ2) is 11.5. The Kier molecular flexibility index (Phi) is 8.67. The van der Waals surface area contributed by atoms with Crippen molar-refractivity contribution < 1.29 is 9.47 Å². The lowest BCUT2D eigenvalue weighted by atomic mass is 9.91. The number of morpholine rings is 1. The third-order valence-electron chi connectivity index (χ3n) is 5.59. The number of benzene rings is 1. The second-order valence-electron chi connectivity index (χ2n) is 7.72. The fourth-order valence-corrected chi connectivity index (χ4v) is 4.85. The Labute approximate surface area is 196 Å². The minimum absolute atomic E-state index is 0.819. The van der Waals surface area contributed by atoms with Crippen LogP contribution in [0, 0.1) is 6.92 Å². The van der Waals surface area contributed by atoms with Gasteiger partial charge in [-0.3, -0.25) is 9.58 Å². The van der Waals surface area contributed by atoms with E-state index in [-0.39, 0.29) is 0 Å². The summed E-state index contributed by atoms with van der Waals surface area (Å²) in [5.74, 6) is 0.863. The van der Waals surface area contributed by atoms with Crippen LogP contribution in [0.2, 0.25) is 0 Å². The zero-order valence-electron chi connectivity index (χ0n) is 20.0. The van der Waals surface area contributed by atoms with Gasteiger partial charge in [-0.2, -0.15) is 5.10 Å². The molecule has 6 heteroatoms. The van der Waals surface area contributed by atoms with Gasteiger partial charge >= 0.3 is 0 Å². The van der Waals surface area contributed by atoms with Crippen molar-refractivity contribution in [3.8, 4) is 28.0 Å². The number of hydrogen-bond donors (Lipinski definition) is 0. The second-order valence-corrected chi connectivity index (χ2v) is 8.64. The highest BCUT2D eigenvalue weighted by Crippen LogP contribution is 2.44. The number of nitrogens with zero attached hydrogens (tertiary/aromatic N) is 3. The van der Waals surface area contributed by atoms with E-state index in [0.717, 1.165) is 61.8 Å². The lowest BCUT2D eigenvalue weighted by molar-refractivity contribution is 0.0360. The summed E-state index contributed by atoms with van der Waals surface area (Å²) in [6.07, 6.45) is 4.08. The highest BCUT2D eigenvalue weighted by atomic mass is 32.1. The fraction of sp³-hybridized carbons (Fsp3) is 0.423. The van der Waals surface area contributed by atoms with Crippen LogP contribution in [0.4, 0.5) is 0 Å². The number of methoxy groups -OCH3 is 1. The average Bonchev–Trinajstić information content (AvgIpc) is 3.49. The number of allylic oxidation sites excluding steroid dienone is 1. The van der Waals surface area contributed by atoms with Crippen molar-refractivity contribution >= 4 is 16.9 Å². The van der Waals surface area contributed by atoms with Gasteiger partial charge in [-0.05, 0) is 48.1 Å². The summed E-state index contributed by atoms with van der Waals surface area (Å²) in [6, 6.07) is 6.36. The Bertz CT molecular complexity index is 1030.